The third-order valence-electron chi connectivity index (χ3n) is 3.09. The zero-order chi connectivity index (χ0) is 13.8. The second-order valence-corrected chi connectivity index (χ2v) is 4.59. The van der Waals surface area contributed by atoms with Gasteiger partial charge in [0.1, 0.15) is 18.1 Å². The summed E-state index contributed by atoms with van der Waals surface area (Å²) in [7, 11) is 1.61. The van der Waals surface area contributed by atoms with Crippen molar-refractivity contribution in [2.45, 2.75) is 20.5 Å². The second kappa shape index (κ2) is 5.65. The molecule has 0 atom stereocenters. The molecule has 100 valence electrons. The number of hydrogen-bond donors (Lipinski definition) is 1. The van der Waals surface area contributed by atoms with Crippen molar-refractivity contribution in [2.24, 2.45) is 0 Å². The van der Waals surface area contributed by atoms with Crippen LogP contribution >= 0.6 is 0 Å². The topological polar surface area (TPSA) is 44.5 Å². The largest absolute Gasteiger partial charge is 0.495 e. The fourth-order valence-electron chi connectivity index (χ4n) is 2.06. The van der Waals surface area contributed by atoms with Crippen molar-refractivity contribution in [1.82, 2.24) is 0 Å². The Morgan fingerprint density at radius 1 is 1.05 bits per heavy atom. The molecule has 0 aliphatic carbocycles. The SMILES string of the molecule is COc1ccc(COc2c(C)cccc2C)cc1N. The highest BCUT2D eigenvalue weighted by Crippen LogP contribution is 2.25. The van der Waals surface area contributed by atoms with Crippen molar-refractivity contribution in [2.75, 3.05) is 12.8 Å². The summed E-state index contributed by atoms with van der Waals surface area (Å²) in [5.41, 5.74) is 9.82. The van der Waals surface area contributed by atoms with Gasteiger partial charge in [0.05, 0.1) is 12.8 Å². The number of para-hydroxylation sites is 1. The van der Waals surface area contributed by atoms with Gasteiger partial charge < -0.3 is 15.2 Å². The average molecular weight is 257 g/mol. The fourth-order valence-corrected chi connectivity index (χ4v) is 2.06. The monoisotopic (exact) mass is 257 g/mol. The van der Waals surface area contributed by atoms with Crippen molar-refractivity contribution >= 4 is 5.69 Å². The van der Waals surface area contributed by atoms with E-state index < -0.39 is 0 Å². The van der Waals surface area contributed by atoms with E-state index in [2.05, 4.69) is 0 Å². The molecular weight excluding hydrogens is 238 g/mol. The van der Waals surface area contributed by atoms with Gasteiger partial charge in [0, 0.05) is 0 Å². The zero-order valence-corrected chi connectivity index (χ0v) is 11.6. The van der Waals surface area contributed by atoms with Crippen LogP contribution in [0.25, 0.3) is 0 Å². The first-order valence-corrected chi connectivity index (χ1v) is 6.23. The van der Waals surface area contributed by atoms with Crippen molar-refractivity contribution in [1.29, 1.82) is 0 Å². The summed E-state index contributed by atoms with van der Waals surface area (Å²) in [5.74, 6) is 1.63. The number of methoxy groups -OCH3 is 1. The smallest absolute Gasteiger partial charge is 0.141 e. The summed E-state index contributed by atoms with van der Waals surface area (Å²) in [6.07, 6.45) is 0. The molecule has 0 radical (unpaired) electrons. The number of hydrogen-bond acceptors (Lipinski definition) is 3. The van der Waals surface area contributed by atoms with Crippen LogP contribution < -0.4 is 15.2 Å². The summed E-state index contributed by atoms with van der Waals surface area (Å²) in [6, 6.07) is 11.8. The van der Waals surface area contributed by atoms with E-state index in [1.54, 1.807) is 7.11 Å². The summed E-state index contributed by atoms with van der Waals surface area (Å²) >= 11 is 0. The maximum atomic E-state index is 5.89. The van der Waals surface area contributed by atoms with Crippen molar-refractivity contribution < 1.29 is 9.47 Å². The van der Waals surface area contributed by atoms with E-state index in [0.29, 0.717) is 18.0 Å². The molecule has 3 nitrogen and oxygen atoms in total. The summed E-state index contributed by atoms with van der Waals surface area (Å²) in [5, 5.41) is 0. The van der Waals surface area contributed by atoms with Gasteiger partial charge in [-0.3, -0.25) is 0 Å². The molecule has 0 fully saturated rings. The molecule has 0 amide bonds. The maximum Gasteiger partial charge on any atom is 0.141 e. The third-order valence-corrected chi connectivity index (χ3v) is 3.09. The van der Waals surface area contributed by atoms with E-state index in [0.717, 1.165) is 22.4 Å². The van der Waals surface area contributed by atoms with Gasteiger partial charge in [-0.25, -0.2) is 0 Å². The van der Waals surface area contributed by atoms with Crippen LogP contribution in [0.1, 0.15) is 16.7 Å². The molecule has 19 heavy (non-hydrogen) atoms. The Labute approximate surface area is 114 Å². The van der Waals surface area contributed by atoms with Crippen LogP contribution in [0.5, 0.6) is 11.5 Å². The minimum atomic E-state index is 0.500. The van der Waals surface area contributed by atoms with Gasteiger partial charge in [0.25, 0.3) is 0 Å². The Hall–Kier alpha value is -2.16. The Morgan fingerprint density at radius 3 is 2.32 bits per heavy atom. The molecule has 0 bridgehead atoms. The molecule has 0 aliphatic heterocycles. The van der Waals surface area contributed by atoms with Gasteiger partial charge >= 0.3 is 0 Å². The number of benzene rings is 2. The van der Waals surface area contributed by atoms with Gasteiger partial charge in [-0.05, 0) is 42.7 Å². The van der Waals surface area contributed by atoms with Crippen LogP contribution in [0, 0.1) is 13.8 Å². The highest BCUT2D eigenvalue weighted by atomic mass is 16.5. The van der Waals surface area contributed by atoms with E-state index in [1.165, 1.54) is 0 Å². The van der Waals surface area contributed by atoms with Gasteiger partial charge in [0.2, 0.25) is 0 Å². The van der Waals surface area contributed by atoms with Crippen LogP contribution in [-0.2, 0) is 6.61 Å². The van der Waals surface area contributed by atoms with E-state index in [4.69, 9.17) is 15.2 Å². The average Bonchev–Trinajstić information content (AvgIpc) is 2.38. The van der Waals surface area contributed by atoms with Crippen LogP contribution in [-0.4, -0.2) is 7.11 Å². The highest BCUT2D eigenvalue weighted by molar-refractivity contribution is 5.54. The normalized spacial score (nSPS) is 10.3. The third kappa shape index (κ3) is 2.99. The summed E-state index contributed by atoms with van der Waals surface area (Å²) in [4.78, 5) is 0. The standard InChI is InChI=1S/C16H19NO2/c1-11-5-4-6-12(2)16(11)19-10-13-7-8-15(18-3)14(17)9-13/h4-9H,10,17H2,1-3H3. The number of ether oxygens (including phenoxy) is 2. The number of nitrogens with two attached hydrogens (primary N) is 1. The molecule has 2 rings (SSSR count). The van der Waals surface area contributed by atoms with E-state index >= 15 is 0 Å². The molecule has 0 saturated heterocycles. The second-order valence-electron chi connectivity index (χ2n) is 4.59. The molecule has 0 saturated carbocycles. The summed E-state index contributed by atoms with van der Waals surface area (Å²) < 4.78 is 11.0. The van der Waals surface area contributed by atoms with Crippen LogP contribution in [0.3, 0.4) is 0 Å². The first kappa shape index (κ1) is 13.3. The molecule has 3 heteroatoms. The maximum absolute atomic E-state index is 5.89. The lowest BCUT2D eigenvalue weighted by Gasteiger charge is -2.13. The molecule has 0 spiro atoms. The number of rotatable bonds is 4. The number of nitrogen functional groups attached to an aromatic ring is 1. The molecule has 0 aliphatic rings. The van der Waals surface area contributed by atoms with Crippen molar-refractivity contribution in [3.8, 4) is 11.5 Å². The van der Waals surface area contributed by atoms with Gasteiger partial charge in [-0.2, -0.15) is 0 Å². The Kier molecular flexibility index (Phi) is 3.95. The van der Waals surface area contributed by atoms with E-state index in [1.807, 2.05) is 50.2 Å². The van der Waals surface area contributed by atoms with Crippen LogP contribution in [0.2, 0.25) is 0 Å². The molecule has 2 aromatic carbocycles. The number of anilines is 1. The van der Waals surface area contributed by atoms with Crippen molar-refractivity contribution in [3.63, 3.8) is 0 Å². The zero-order valence-electron chi connectivity index (χ0n) is 11.6. The fraction of sp³-hybridized carbons (Fsp3) is 0.250. The highest BCUT2D eigenvalue weighted by Gasteiger charge is 2.05. The van der Waals surface area contributed by atoms with E-state index in [9.17, 15) is 0 Å². The Morgan fingerprint density at radius 2 is 1.74 bits per heavy atom. The predicted octanol–water partition coefficient (Wildman–Crippen LogP) is 3.47. The minimum Gasteiger partial charge on any atom is -0.495 e. The molecular formula is C16H19NO2. The van der Waals surface area contributed by atoms with Crippen LogP contribution in [0.15, 0.2) is 36.4 Å². The molecule has 0 unspecified atom stereocenters. The lowest BCUT2D eigenvalue weighted by atomic mass is 10.1. The first-order chi connectivity index (χ1) is 9.11. The minimum absolute atomic E-state index is 0.500. The Bertz CT molecular complexity index is 559. The van der Waals surface area contributed by atoms with Gasteiger partial charge in [0.15, 0.2) is 0 Å². The van der Waals surface area contributed by atoms with Crippen LogP contribution in [0.4, 0.5) is 5.69 Å². The molecule has 0 aromatic heterocycles. The summed E-state index contributed by atoms with van der Waals surface area (Å²) in [6.45, 7) is 4.59. The first-order valence-electron chi connectivity index (χ1n) is 6.23. The molecule has 2 N–H and O–H groups in total. The lowest BCUT2D eigenvalue weighted by Crippen LogP contribution is -2.00. The molecule has 2 aromatic rings. The van der Waals surface area contributed by atoms with Gasteiger partial charge in [-0.1, -0.05) is 24.3 Å². The quantitative estimate of drug-likeness (QED) is 0.853. The predicted molar refractivity (Wildman–Crippen MR) is 77.7 cm³/mol. The number of aryl methyl sites for hydroxylation is 2. The van der Waals surface area contributed by atoms with Crippen molar-refractivity contribution in [3.05, 3.63) is 53.1 Å². The molecule has 0 heterocycles. The van der Waals surface area contributed by atoms with E-state index in [-0.39, 0.29) is 0 Å². The Balaban J connectivity index is 2.13. The van der Waals surface area contributed by atoms with Gasteiger partial charge in [-0.15, -0.1) is 0 Å². The lowest BCUT2D eigenvalue weighted by molar-refractivity contribution is 0.302.